The van der Waals surface area contributed by atoms with Crippen molar-refractivity contribution >= 4 is 44.2 Å². The Morgan fingerprint density at radius 3 is 2.65 bits per heavy atom. The SMILES string of the molecule is CCCn1c(CSc2nc(C)cs2)nc2cc(S(=O)(=O)N(C)C)ccc21. The zero-order valence-electron chi connectivity index (χ0n) is 15.3. The molecule has 0 atom stereocenters. The van der Waals surface area contributed by atoms with Gasteiger partial charge in [0.1, 0.15) is 5.82 Å². The average molecular weight is 411 g/mol. The maximum absolute atomic E-state index is 12.4. The summed E-state index contributed by atoms with van der Waals surface area (Å²) in [5.74, 6) is 1.65. The van der Waals surface area contributed by atoms with Crippen molar-refractivity contribution in [3.8, 4) is 0 Å². The van der Waals surface area contributed by atoms with Gasteiger partial charge in [-0.3, -0.25) is 0 Å². The monoisotopic (exact) mass is 410 g/mol. The number of aromatic nitrogens is 3. The van der Waals surface area contributed by atoms with E-state index in [4.69, 9.17) is 4.98 Å². The molecule has 0 saturated heterocycles. The van der Waals surface area contributed by atoms with Crippen molar-refractivity contribution in [2.24, 2.45) is 0 Å². The summed E-state index contributed by atoms with van der Waals surface area (Å²) in [6.07, 6.45) is 0.983. The van der Waals surface area contributed by atoms with Gasteiger partial charge >= 0.3 is 0 Å². The van der Waals surface area contributed by atoms with Crippen molar-refractivity contribution in [3.05, 3.63) is 35.1 Å². The maximum atomic E-state index is 12.4. The van der Waals surface area contributed by atoms with Gasteiger partial charge in [0.05, 0.1) is 21.7 Å². The quantitative estimate of drug-likeness (QED) is 0.555. The molecule has 2 aromatic heterocycles. The van der Waals surface area contributed by atoms with E-state index in [1.54, 1.807) is 35.2 Å². The van der Waals surface area contributed by atoms with E-state index in [0.29, 0.717) is 11.3 Å². The van der Waals surface area contributed by atoms with Crippen molar-refractivity contribution in [1.82, 2.24) is 18.8 Å². The highest BCUT2D eigenvalue weighted by Crippen LogP contribution is 2.28. The first-order valence-electron chi connectivity index (χ1n) is 8.29. The summed E-state index contributed by atoms with van der Waals surface area (Å²) in [6, 6.07) is 5.18. The summed E-state index contributed by atoms with van der Waals surface area (Å²) in [5.41, 5.74) is 2.71. The fourth-order valence-electron chi connectivity index (χ4n) is 2.64. The number of aryl methyl sites for hydroxylation is 2. The van der Waals surface area contributed by atoms with E-state index in [2.05, 4.69) is 16.5 Å². The van der Waals surface area contributed by atoms with Gasteiger partial charge in [0, 0.05) is 31.7 Å². The molecule has 6 nitrogen and oxygen atoms in total. The topological polar surface area (TPSA) is 68.1 Å². The lowest BCUT2D eigenvalue weighted by molar-refractivity contribution is 0.521. The molecule has 2 heterocycles. The van der Waals surface area contributed by atoms with Crippen LogP contribution in [0.4, 0.5) is 0 Å². The zero-order valence-corrected chi connectivity index (χ0v) is 17.7. The summed E-state index contributed by atoms with van der Waals surface area (Å²) >= 11 is 3.30. The van der Waals surface area contributed by atoms with Gasteiger partial charge in [-0.15, -0.1) is 11.3 Å². The lowest BCUT2D eigenvalue weighted by Gasteiger charge is -2.11. The lowest BCUT2D eigenvalue weighted by Crippen LogP contribution is -2.22. The largest absolute Gasteiger partial charge is 0.327 e. The molecule has 0 aliphatic rings. The third-order valence-corrected chi connectivity index (χ3v) is 7.89. The first-order chi connectivity index (χ1) is 12.3. The van der Waals surface area contributed by atoms with Crippen LogP contribution in [0.2, 0.25) is 0 Å². The molecule has 9 heteroatoms. The van der Waals surface area contributed by atoms with E-state index in [1.165, 1.54) is 18.4 Å². The summed E-state index contributed by atoms with van der Waals surface area (Å²) in [4.78, 5) is 9.47. The second-order valence-electron chi connectivity index (χ2n) is 6.16. The number of hydrogen-bond acceptors (Lipinski definition) is 6. The lowest BCUT2D eigenvalue weighted by atomic mass is 10.3. The van der Waals surface area contributed by atoms with Gasteiger partial charge in [-0.05, 0) is 31.5 Å². The zero-order chi connectivity index (χ0) is 18.9. The molecule has 0 spiro atoms. The summed E-state index contributed by atoms with van der Waals surface area (Å²) in [7, 11) is -0.396. The van der Waals surface area contributed by atoms with E-state index in [0.717, 1.165) is 34.3 Å². The van der Waals surface area contributed by atoms with Crippen LogP contribution >= 0.6 is 23.1 Å². The van der Waals surface area contributed by atoms with Crippen molar-refractivity contribution < 1.29 is 8.42 Å². The van der Waals surface area contributed by atoms with Gasteiger partial charge in [0.2, 0.25) is 10.0 Å². The molecule has 3 rings (SSSR count). The minimum absolute atomic E-state index is 0.269. The molecule has 0 bridgehead atoms. The first kappa shape index (κ1) is 19.3. The molecule has 0 radical (unpaired) electrons. The molecular formula is C17H22N4O2S3. The molecule has 3 aromatic rings. The van der Waals surface area contributed by atoms with Crippen LogP contribution in [-0.4, -0.2) is 41.4 Å². The third-order valence-electron chi connectivity index (χ3n) is 3.95. The van der Waals surface area contributed by atoms with Crippen LogP contribution in [0.3, 0.4) is 0 Å². The Morgan fingerprint density at radius 2 is 2.04 bits per heavy atom. The Morgan fingerprint density at radius 1 is 1.27 bits per heavy atom. The van der Waals surface area contributed by atoms with E-state index in [-0.39, 0.29) is 4.90 Å². The summed E-state index contributed by atoms with van der Waals surface area (Å²) in [6.45, 7) is 4.96. The summed E-state index contributed by atoms with van der Waals surface area (Å²) < 4.78 is 29.2. The normalized spacial score (nSPS) is 12.3. The van der Waals surface area contributed by atoms with E-state index < -0.39 is 10.0 Å². The fraction of sp³-hybridized carbons (Fsp3) is 0.412. The predicted octanol–water partition coefficient (Wildman–Crippen LogP) is 3.75. The highest BCUT2D eigenvalue weighted by Gasteiger charge is 2.19. The standard InChI is InChI=1S/C17H22N4O2S3/c1-5-8-21-15-7-6-13(26(22,23)20(3)4)9-14(15)19-16(21)11-25-17-18-12(2)10-24-17/h6-7,9-10H,5,8,11H2,1-4H3. The van der Waals surface area contributed by atoms with Crippen LogP contribution in [0.5, 0.6) is 0 Å². The number of thioether (sulfide) groups is 1. The van der Waals surface area contributed by atoms with Crippen LogP contribution in [0.15, 0.2) is 32.8 Å². The number of nitrogens with zero attached hydrogens (tertiary/aromatic N) is 4. The van der Waals surface area contributed by atoms with Gasteiger partial charge in [-0.25, -0.2) is 22.7 Å². The van der Waals surface area contributed by atoms with Crippen molar-refractivity contribution in [3.63, 3.8) is 0 Å². The molecule has 0 fully saturated rings. The minimum Gasteiger partial charge on any atom is -0.327 e. The maximum Gasteiger partial charge on any atom is 0.242 e. The molecule has 26 heavy (non-hydrogen) atoms. The molecule has 140 valence electrons. The second kappa shape index (κ2) is 7.67. The van der Waals surface area contributed by atoms with Crippen LogP contribution in [0.1, 0.15) is 24.9 Å². The van der Waals surface area contributed by atoms with E-state index in [1.807, 2.05) is 18.4 Å². The molecule has 0 aliphatic heterocycles. The number of imidazole rings is 1. The Bertz CT molecular complexity index is 1020. The van der Waals surface area contributed by atoms with Gasteiger partial charge in [0.15, 0.2) is 4.34 Å². The number of benzene rings is 1. The Kier molecular flexibility index (Phi) is 5.71. The van der Waals surface area contributed by atoms with Crippen LogP contribution in [0, 0.1) is 6.92 Å². The van der Waals surface area contributed by atoms with Gasteiger partial charge in [-0.1, -0.05) is 18.7 Å². The summed E-state index contributed by atoms with van der Waals surface area (Å²) in [5, 5.41) is 2.04. The average Bonchev–Trinajstić information content (AvgIpc) is 3.16. The molecular weight excluding hydrogens is 388 g/mol. The highest BCUT2D eigenvalue weighted by molar-refractivity contribution is 8.00. The van der Waals surface area contributed by atoms with Gasteiger partial charge < -0.3 is 4.57 Å². The number of thiazole rings is 1. The Hall–Kier alpha value is -1.42. The molecule has 0 saturated carbocycles. The van der Waals surface area contributed by atoms with Crippen LogP contribution < -0.4 is 0 Å². The Balaban J connectivity index is 1.98. The van der Waals surface area contributed by atoms with Crippen LogP contribution in [-0.2, 0) is 22.3 Å². The first-order valence-corrected chi connectivity index (χ1v) is 11.6. The number of hydrogen-bond donors (Lipinski definition) is 0. The van der Waals surface area contributed by atoms with Gasteiger partial charge in [0.25, 0.3) is 0 Å². The molecule has 0 unspecified atom stereocenters. The fourth-order valence-corrected chi connectivity index (χ4v) is 5.36. The number of fused-ring (bicyclic) bond motifs is 1. The minimum atomic E-state index is -3.47. The predicted molar refractivity (Wildman–Crippen MR) is 107 cm³/mol. The van der Waals surface area contributed by atoms with E-state index >= 15 is 0 Å². The molecule has 0 amide bonds. The molecule has 0 N–H and O–H groups in total. The molecule has 1 aromatic carbocycles. The van der Waals surface area contributed by atoms with Crippen molar-refractivity contribution in [2.75, 3.05) is 14.1 Å². The highest BCUT2D eigenvalue weighted by atomic mass is 32.2. The smallest absolute Gasteiger partial charge is 0.242 e. The van der Waals surface area contributed by atoms with Crippen molar-refractivity contribution in [1.29, 1.82) is 0 Å². The Labute approximate surface area is 162 Å². The van der Waals surface area contributed by atoms with Crippen LogP contribution in [0.25, 0.3) is 11.0 Å². The second-order valence-corrected chi connectivity index (χ2v) is 10.4. The number of rotatable bonds is 7. The third kappa shape index (κ3) is 3.80. The number of sulfonamides is 1. The van der Waals surface area contributed by atoms with Gasteiger partial charge in [-0.2, -0.15) is 0 Å². The van der Waals surface area contributed by atoms with Crippen molar-refractivity contribution in [2.45, 2.75) is 41.8 Å². The van der Waals surface area contributed by atoms with E-state index in [9.17, 15) is 8.42 Å². The molecule has 0 aliphatic carbocycles.